The lowest BCUT2D eigenvalue weighted by Gasteiger charge is -2.20. The summed E-state index contributed by atoms with van der Waals surface area (Å²) in [6.45, 7) is 6.68. The number of aliphatic imine (C=N–C) groups is 1. The molecule has 1 heterocycles. The molecular weight excluding hydrogens is 579 g/mol. The third-order valence-corrected chi connectivity index (χ3v) is 7.48. The first-order valence-corrected chi connectivity index (χ1v) is 14.8. The summed E-state index contributed by atoms with van der Waals surface area (Å²) in [5, 5.41) is 2.95. The number of ether oxygens (including phenoxy) is 1. The molecule has 0 spiro atoms. The van der Waals surface area contributed by atoms with Gasteiger partial charge in [-0.05, 0) is 80.8 Å². The van der Waals surface area contributed by atoms with Gasteiger partial charge in [0.2, 0.25) is 5.96 Å². The Morgan fingerprint density at radius 1 is 1.00 bits per heavy atom. The van der Waals surface area contributed by atoms with Gasteiger partial charge in [0.05, 0.1) is 17.1 Å². The van der Waals surface area contributed by atoms with Gasteiger partial charge in [-0.15, -0.1) is 0 Å². The van der Waals surface area contributed by atoms with E-state index in [4.69, 9.17) is 16.3 Å². The van der Waals surface area contributed by atoms with Crippen molar-refractivity contribution >= 4 is 33.7 Å². The van der Waals surface area contributed by atoms with Gasteiger partial charge in [-0.25, -0.2) is 27.3 Å². The molecule has 1 amide bonds. The van der Waals surface area contributed by atoms with Gasteiger partial charge in [-0.2, -0.15) is 0 Å². The van der Waals surface area contributed by atoms with Gasteiger partial charge >= 0.3 is 6.09 Å². The average Bonchev–Trinajstić information content (AvgIpc) is 2.93. The molecule has 0 aliphatic carbocycles. The lowest BCUT2D eigenvalue weighted by atomic mass is 9.97. The number of sulfonamides is 1. The Bertz CT molecular complexity index is 1720. The summed E-state index contributed by atoms with van der Waals surface area (Å²) in [5.41, 5.74) is 2.89. The van der Waals surface area contributed by atoms with Gasteiger partial charge in [-0.3, -0.25) is 10.3 Å². The number of carbonyl (C=O) groups excluding carboxylic acids is 1. The fourth-order valence-corrected chi connectivity index (χ4v) is 5.00. The number of benzene rings is 3. The first kappa shape index (κ1) is 30.7. The van der Waals surface area contributed by atoms with E-state index >= 15 is 0 Å². The standard InChI is InChI=1S/C31H30ClFN4O4S/c1-20-10-11-23(17-27(20)33)28-26(22-12-14-24(32)15-13-22)16-21(18-34-28)19-35-29(36-30(38)41-31(2,3)4)37-42(39,40)25-8-6-5-7-9-25/h5-18H,19H2,1-4H3,(H2,35,36,37,38). The Kier molecular flexibility index (Phi) is 9.28. The van der Waals surface area contributed by atoms with Crippen LogP contribution in [0.15, 0.2) is 94.9 Å². The molecule has 0 bridgehead atoms. The van der Waals surface area contributed by atoms with Crippen LogP contribution in [0.5, 0.6) is 0 Å². The molecule has 0 aliphatic heterocycles. The zero-order chi connectivity index (χ0) is 30.5. The van der Waals surface area contributed by atoms with Crippen molar-refractivity contribution in [2.75, 3.05) is 0 Å². The first-order chi connectivity index (χ1) is 19.8. The van der Waals surface area contributed by atoms with E-state index in [0.717, 1.165) is 5.56 Å². The first-order valence-electron chi connectivity index (χ1n) is 12.9. The Hall–Kier alpha value is -4.28. The largest absolute Gasteiger partial charge is 0.444 e. The number of hydrogen-bond acceptors (Lipinski definition) is 6. The van der Waals surface area contributed by atoms with Crippen LogP contribution >= 0.6 is 11.6 Å². The van der Waals surface area contributed by atoms with Crippen molar-refractivity contribution in [2.24, 2.45) is 4.99 Å². The zero-order valence-electron chi connectivity index (χ0n) is 23.5. The molecule has 0 fully saturated rings. The van der Waals surface area contributed by atoms with Crippen LogP contribution in [0.3, 0.4) is 0 Å². The summed E-state index contributed by atoms with van der Waals surface area (Å²) in [7, 11) is -4.07. The molecule has 218 valence electrons. The minimum absolute atomic E-state index is 0.00920. The molecule has 11 heteroatoms. The number of alkyl carbamates (subject to hydrolysis) is 1. The number of aryl methyl sites for hydroxylation is 1. The van der Waals surface area contributed by atoms with Crippen LogP contribution in [0, 0.1) is 12.7 Å². The molecule has 1 aromatic heterocycles. The molecule has 2 N–H and O–H groups in total. The molecule has 0 radical (unpaired) electrons. The summed E-state index contributed by atoms with van der Waals surface area (Å²) >= 11 is 6.10. The topological polar surface area (TPSA) is 110 Å². The van der Waals surface area contributed by atoms with Crippen LogP contribution in [-0.2, 0) is 21.3 Å². The predicted molar refractivity (Wildman–Crippen MR) is 162 cm³/mol. The summed E-state index contributed by atoms with van der Waals surface area (Å²) in [4.78, 5) is 21.5. The molecule has 0 unspecified atom stereocenters. The smallest absolute Gasteiger partial charge is 0.414 e. The van der Waals surface area contributed by atoms with E-state index in [9.17, 15) is 17.6 Å². The van der Waals surface area contributed by atoms with E-state index in [1.807, 2.05) is 18.2 Å². The second-order valence-electron chi connectivity index (χ2n) is 10.4. The number of nitrogens with one attached hydrogen (secondary N) is 2. The van der Waals surface area contributed by atoms with Crippen molar-refractivity contribution in [3.63, 3.8) is 0 Å². The highest BCUT2D eigenvalue weighted by atomic mass is 35.5. The summed E-state index contributed by atoms with van der Waals surface area (Å²) < 4.78 is 48.1. The van der Waals surface area contributed by atoms with Crippen molar-refractivity contribution in [1.82, 2.24) is 15.0 Å². The Morgan fingerprint density at radius 3 is 2.31 bits per heavy atom. The molecule has 0 saturated carbocycles. The highest BCUT2D eigenvalue weighted by molar-refractivity contribution is 7.90. The number of carbonyl (C=O) groups is 1. The van der Waals surface area contributed by atoms with Gasteiger partial charge in [-0.1, -0.05) is 54.1 Å². The molecule has 0 saturated heterocycles. The maximum Gasteiger partial charge on any atom is 0.414 e. The molecule has 8 nitrogen and oxygen atoms in total. The zero-order valence-corrected chi connectivity index (χ0v) is 25.1. The van der Waals surface area contributed by atoms with Crippen molar-refractivity contribution in [1.29, 1.82) is 0 Å². The van der Waals surface area contributed by atoms with Gasteiger partial charge < -0.3 is 4.74 Å². The van der Waals surface area contributed by atoms with Crippen LogP contribution in [0.2, 0.25) is 5.02 Å². The number of nitrogens with zero attached hydrogens (tertiary/aromatic N) is 2. The van der Waals surface area contributed by atoms with Crippen LogP contribution in [0.4, 0.5) is 9.18 Å². The van der Waals surface area contributed by atoms with Crippen LogP contribution in [0.1, 0.15) is 31.9 Å². The highest BCUT2D eigenvalue weighted by Gasteiger charge is 2.21. The number of rotatable bonds is 6. The molecule has 3 aromatic carbocycles. The number of pyridine rings is 1. The van der Waals surface area contributed by atoms with Crippen LogP contribution in [0.25, 0.3) is 22.4 Å². The molecule has 0 atom stereocenters. The number of aromatic nitrogens is 1. The third kappa shape index (κ3) is 8.14. The average molecular weight is 609 g/mol. The van der Waals surface area contributed by atoms with Gasteiger partial charge in [0.15, 0.2) is 0 Å². The van der Waals surface area contributed by atoms with E-state index in [0.29, 0.717) is 33.0 Å². The number of amides is 1. The lowest BCUT2D eigenvalue weighted by Crippen LogP contribution is -2.45. The van der Waals surface area contributed by atoms with Crippen molar-refractivity contribution in [2.45, 2.75) is 44.7 Å². The maximum atomic E-state index is 14.4. The van der Waals surface area contributed by atoms with E-state index in [1.165, 1.54) is 18.2 Å². The van der Waals surface area contributed by atoms with E-state index in [-0.39, 0.29) is 23.2 Å². The van der Waals surface area contributed by atoms with Crippen molar-refractivity contribution in [3.8, 4) is 22.4 Å². The lowest BCUT2D eigenvalue weighted by molar-refractivity contribution is 0.0562. The Labute approximate surface area is 249 Å². The van der Waals surface area contributed by atoms with Crippen LogP contribution in [-0.4, -0.2) is 31.1 Å². The maximum absolute atomic E-state index is 14.4. The third-order valence-electron chi connectivity index (χ3n) is 5.87. The van der Waals surface area contributed by atoms with Gasteiger partial charge in [0.1, 0.15) is 11.4 Å². The fraction of sp³-hybridized carbons (Fsp3) is 0.194. The second-order valence-corrected chi connectivity index (χ2v) is 12.5. The van der Waals surface area contributed by atoms with E-state index in [1.54, 1.807) is 76.4 Å². The fourth-order valence-electron chi connectivity index (χ4n) is 3.87. The van der Waals surface area contributed by atoms with Gasteiger partial charge in [0, 0.05) is 22.3 Å². The molecular formula is C31H30ClFN4O4S. The summed E-state index contributed by atoms with van der Waals surface area (Å²) in [6, 6.07) is 21.5. The summed E-state index contributed by atoms with van der Waals surface area (Å²) in [5.74, 6) is -0.681. The van der Waals surface area contributed by atoms with E-state index < -0.39 is 21.7 Å². The SMILES string of the molecule is Cc1ccc(-c2ncc(CN=C(NC(=O)OC(C)(C)C)NS(=O)(=O)c3ccccc3)cc2-c2ccc(Cl)cc2)cc1F. The molecule has 42 heavy (non-hydrogen) atoms. The van der Waals surface area contributed by atoms with E-state index in [2.05, 4.69) is 20.0 Å². The normalized spacial score (nSPS) is 12.1. The van der Waals surface area contributed by atoms with Gasteiger partial charge in [0.25, 0.3) is 10.0 Å². The Morgan fingerprint density at radius 2 is 1.67 bits per heavy atom. The van der Waals surface area contributed by atoms with Crippen molar-refractivity contribution in [3.05, 3.63) is 107 Å². The minimum Gasteiger partial charge on any atom is -0.444 e. The predicted octanol–water partition coefficient (Wildman–Crippen LogP) is 6.88. The van der Waals surface area contributed by atoms with Crippen LogP contribution < -0.4 is 10.0 Å². The monoisotopic (exact) mass is 608 g/mol. The van der Waals surface area contributed by atoms with Crippen molar-refractivity contribution < 1.29 is 22.3 Å². The molecule has 0 aliphatic rings. The second kappa shape index (κ2) is 12.7. The molecule has 4 rings (SSSR count). The Balaban J connectivity index is 1.72. The number of guanidine groups is 1. The molecule has 4 aromatic rings. The summed E-state index contributed by atoms with van der Waals surface area (Å²) in [6.07, 6.45) is 0.682. The number of hydrogen-bond donors (Lipinski definition) is 2. The quantitative estimate of drug-likeness (QED) is 0.183. The highest BCUT2D eigenvalue weighted by Crippen LogP contribution is 2.33. The minimum atomic E-state index is -4.07. The number of halogens is 2.